The monoisotopic (exact) mass is 192 g/mol. The molecule has 0 spiro atoms. The lowest BCUT2D eigenvalue weighted by atomic mass is 10.1. The van der Waals surface area contributed by atoms with E-state index in [0.717, 1.165) is 5.75 Å². The number of rotatable bonds is 3. The molecular weight excluding hydrogens is 172 g/mol. The second-order valence-corrected chi connectivity index (χ2v) is 4.34. The number of benzene rings is 1. The second kappa shape index (κ2) is 4.50. The zero-order valence-corrected chi connectivity index (χ0v) is 9.79. The highest BCUT2D eigenvalue weighted by Crippen LogP contribution is 2.21. The summed E-state index contributed by atoms with van der Waals surface area (Å²) in [5.74, 6) is 1.56. The zero-order valence-electron chi connectivity index (χ0n) is 9.79. The van der Waals surface area contributed by atoms with Crippen LogP contribution in [0.4, 0.5) is 0 Å². The minimum Gasteiger partial charge on any atom is -0.490 e. The van der Waals surface area contributed by atoms with E-state index in [-0.39, 0.29) is 6.10 Å². The van der Waals surface area contributed by atoms with Crippen molar-refractivity contribution in [1.29, 1.82) is 0 Å². The number of aryl methyl sites for hydroxylation is 2. The van der Waals surface area contributed by atoms with E-state index in [9.17, 15) is 0 Å². The van der Waals surface area contributed by atoms with Gasteiger partial charge in [-0.3, -0.25) is 0 Å². The summed E-state index contributed by atoms with van der Waals surface area (Å²) >= 11 is 0. The molecule has 1 unspecified atom stereocenters. The van der Waals surface area contributed by atoms with Gasteiger partial charge in [0.2, 0.25) is 0 Å². The van der Waals surface area contributed by atoms with Crippen LogP contribution in [0.5, 0.6) is 5.75 Å². The summed E-state index contributed by atoms with van der Waals surface area (Å²) in [4.78, 5) is 0. The number of hydrogen-bond donors (Lipinski definition) is 0. The molecule has 0 heterocycles. The molecule has 1 nitrogen and oxygen atoms in total. The fourth-order valence-electron chi connectivity index (χ4n) is 1.27. The van der Waals surface area contributed by atoms with E-state index in [4.69, 9.17) is 4.74 Å². The zero-order chi connectivity index (χ0) is 10.7. The molecule has 0 fully saturated rings. The van der Waals surface area contributed by atoms with Gasteiger partial charge in [-0.05, 0) is 38.3 Å². The lowest BCUT2D eigenvalue weighted by Gasteiger charge is -2.19. The Balaban J connectivity index is 2.77. The molecule has 0 aliphatic rings. The van der Waals surface area contributed by atoms with Gasteiger partial charge in [-0.15, -0.1) is 0 Å². The molecule has 0 aromatic heterocycles. The van der Waals surface area contributed by atoms with Crippen molar-refractivity contribution >= 4 is 0 Å². The Labute approximate surface area is 87.1 Å². The summed E-state index contributed by atoms with van der Waals surface area (Å²) in [6, 6.07) is 6.31. The van der Waals surface area contributed by atoms with Crippen LogP contribution in [-0.4, -0.2) is 6.10 Å². The van der Waals surface area contributed by atoms with Gasteiger partial charge in [0.05, 0.1) is 6.10 Å². The van der Waals surface area contributed by atoms with Crippen LogP contribution in [0.1, 0.15) is 31.9 Å². The van der Waals surface area contributed by atoms with Crippen molar-refractivity contribution in [3.63, 3.8) is 0 Å². The molecule has 0 radical (unpaired) electrons. The maximum Gasteiger partial charge on any atom is 0.122 e. The van der Waals surface area contributed by atoms with Crippen LogP contribution < -0.4 is 4.74 Å². The van der Waals surface area contributed by atoms with Gasteiger partial charge in [0, 0.05) is 0 Å². The third-order valence-corrected chi connectivity index (χ3v) is 2.58. The Morgan fingerprint density at radius 1 is 1.07 bits per heavy atom. The highest BCUT2D eigenvalue weighted by atomic mass is 16.5. The van der Waals surface area contributed by atoms with Crippen LogP contribution >= 0.6 is 0 Å². The van der Waals surface area contributed by atoms with E-state index in [2.05, 4.69) is 52.8 Å². The first-order chi connectivity index (χ1) is 6.50. The van der Waals surface area contributed by atoms with Gasteiger partial charge >= 0.3 is 0 Å². The Hall–Kier alpha value is -0.980. The van der Waals surface area contributed by atoms with E-state index >= 15 is 0 Å². The Morgan fingerprint density at radius 2 is 1.71 bits per heavy atom. The molecule has 0 N–H and O–H groups in total. The van der Waals surface area contributed by atoms with E-state index in [1.54, 1.807) is 0 Å². The quantitative estimate of drug-likeness (QED) is 0.709. The van der Waals surface area contributed by atoms with Crippen molar-refractivity contribution in [3.05, 3.63) is 29.3 Å². The molecule has 14 heavy (non-hydrogen) atoms. The first-order valence-corrected chi connectivity index (χ1v) is 5.24. The standard InChI is InChI=1S/C13H20O/c1-9(2)12(5)14-13-7-6-10(3)8-11(13)4/h6-9,12H,1-5H3. The topological polar surface area (TPSA) is 9.23 Å². The molecule has 1 heteroatoms. The normalized spacial score (nSPS) is 13.0. The van der Waals surface area contributed by atoms with Crippen LogP contribution in [0.15, 0.2) is 18.2 Å². The van der Waals surface area contributed by atoms with Gasteiger partial charge in [-0.1, -0.05) is 31.5 Å². The lowest BCUT2D eigenvalue weighted by Crippen LogP contribution is -2.19. The van der Waals surface area contributed by atoms with Crippen molar-refractivity contribution in [2.45, 2.75) is 40.7 Å². The molecule has 1 aromatic rings. The Morgan fingerprint density at radius 3 is 2.21 bits per heavy atom. The highest BCUT2D eigenvalue weighted by molar-refractivity contribution is 5.35. The molecule has 0 aliphatic carbocycles. The van der Waals surface area contributed by atoms with Crippen LogP contribution in [0.3, 0.4) is 0 Å². The van der Waals surface area contributed by atoms with Gasteiger partial charge in [-0.25, -0.2) is 0 Å². The van der Waals surface area contributed by atoms with Crippen molar-refractivity contribution in [2.75, 3.05) is 0 Å². The van der Waals surface area contributed by atoms with Gasteiger partial charge in [0.25, 0.3) is 0 Å². The van der Waals surface area contributed by atoms with Crippen molar-refractivity contribution < 1.29 is 4.74 Å². The largest absolute Gasteiger partial charge is 0.490 e. The maximum atomic E-state index is 5.86. The third kappa shape index (κ3) is 2.76. The summed E-state index contributed by atoms with van der Waals surface area (Å²) in [6.45, 7) is 10.7. The molecule has 0 saturated carbocycles. The Bertz CT molecular complexity index is 302. The molecule has 1 rings (SSSR count). The minimum absolute atomic E-state index is 0.274. The summed E-state index contributed by atoms with van der Waals surface area (Å²) < 4.78 is 5.86. The van der Waals surface area contributed by atoms with Crippen molar-refractivity contribution in [1.82, 2.24) is 0 Å². The Kier molecular flexibility index (Phi) is 3.56. The molecule has 78 valence electrons. The van der Waals surface area contributed by atoms with Gasteiger partial charge < -0.3 is 4.74 Å². The van der Waals surface area contributed by atoms with Crippen molar-refractivity contribution in [3.8, 4) is 5.75 Å². The SMILES string of the molecule is Cc1ccc(OC(C)C(C)C)c(C)c1. The first kappa shape index (κ1) is 11.1. The average molecular weight is 192 g/mol. The molecule has 1 aromatic carbocycles. The van der Waals surface area contributed by atoms with Gasteiger partial charge in [0.15, 0.2) is 0 Å². The average Bonchev–Trinajstić information content (AvgIpc) is 2.09. The van der Waals surface area contributed by atoms with Crippen LogP contribution in [0, 0.1) is 19.8 Å². The second-order valence-electron chi connectivity index (χ2n) is 4.34. The van der Waals surface area contributed by atoms with E-state index < -0.39 is 0 Å². The van der Waals surface area contributed by atoms with Crippen LogP contribution in [0.2, 0.25) is 0 Å². The van der Waals surface area contributed by atoms with E-state index in [1.165, 1.54) is 11.1 Å². The smallest absolute Gasteiger partial charge is 0.122 e. The van der Waals surface area contributed by atoms with Gasteiger partial charge in [0.1, 0.15) is 5.75 Å². The molecular formula is C13H20O. The predicted molar refractivity (Wildman–Crippen MR) is 60.8 cm³/mol. The predicted octanol–water partition coefficient (Wildman–Crippen LogP) is 3.73. The molecule has 0 bridgehead atoms. The van der Waals surface area contributed by atoms with Crippen LogP contribution in [0.25, 0.3) is 0 Å². The number of hydrogen-bond acceptors (Lipinski definition) is 1. The summed E-state index contributed by atoms with van der Waals surface area (Å²) in [5.41, 5.74) is 2.50. The van der Waals surface area contributed by atoms with Gasteiger partial charge in [-0.2, -0.15) is 0 Å². The minimum atomic E-state index is 0.274. The maximum absolute atomic E-state index is 5.86. The molecule has 1 atom stereocenters. The van der Waals surface area contributed by atoms with E-state index in [0.29, 0.717) is 5.92 Å². The summed E-state index contributed by atoms with van der Waals surface area (Å²) in [7, 11) is 0. The third-order valence-electron chi connectivity index (χ3n) is 2.58. The summed E-state index contributed by atoms with van der Waals surface area (Å²) in [6.07, 6.45) is 0.274. The molecule has 0 saturated heterocycles. The fraction of sp³-hybridized carbons (Fsp3) is 0.538. The highest BCUT2D eigenvalue weighted by Gasteiger charge is 2.09. The van der Waals surface area contributed by atoms with E-state index in [1.807, 2.05) is 0 Å². The van der Waals surface area contributed by atoms with Crippen molar-refractivity contribution in [2.24, 2.45) is 5.92 Å². The molecule has 0 aliphatic heterocycles. The summed E-state index contributed by atoms with van der Waals surface area (Å²) in [5, 5.41) is 0. The van der Waals surface area contributed by atoms with Crippen LogP contribution in [-0.2, 0) is 0 Å². The fourth-order valence-corrected chi connectivity index (χ4v) is 1.27. The number of ether oxygens (including phenoxy) is 1. The molecule has 0 amide bonds. The lowest BCUT2D eigenvalue weighted by molar-refractivity contribution is 0.169. The first-order valence-electron chi connectivity index (χ1n) is 5.24.